The first-order chi connectivity index (χ1) is 15.5. The normalized spacial score (nSPS) is 18.0. The number of hydrogen-bond acceptors (Lipinski definition) is 5. The van der Waals surface area contributed by atoms with Crippen LogP contribution < -0.4 is 21.1 Å². The van der Waals surface area contributed by atoms with E-state index in [-0.39, 0.29) is 0 Å². The van der Waals surface area contributed by atoms with Crippen molar-refractivity contribution < 1.29 is 4.74 Å². The number of nitrogens with one attached hydrogen (secondary N) is 4. The summed E-state index contributed by atoms with van der Waals surface area (Å²) in [6, 6.07) is 14.4. The van der Waals surface area contributed by atoms with E-state index in [1.807, 2.05) is 37.4 Å². The highest BCUT2D eigenvalue weighted by atomic mass is 16.5. The van der Waals surface area contributed by atoms with E-state index in [1.54, 1.807) is 6.21 Å². The molecule has 2 aromatic heterocycles. The van der Waals surface area contributed by atoms with E-state index in [4.69, 9.17) is 10.5 Å². The van der Waals surface area contributed by atoms with Gasteiger partial charge in [-0.15, -0.1) is 0 Å². The summed E-state index contributed by atoms with van der Waals surface area (Å²) in [5, 5.41) is 9.15. The Morgan fingerprint density at radius 3 is 2.91 bits per heavy atom. The molecule has 3 heterocycles. The first kappa shape index (κ1) is 20.2. The molecule has 2 aromatic carbocycles. The van der Waals surface area contributed by atoms with Gasteiger partial charge in [0.05, 0.1) is 6.61 Å². The Balaban J connectivity index is 1.30. The maximum absolute atomic E-state index is 6.63. The van der Waals surface area contributed by atoms with Gasteiger partial charge in [0.25, 0.3) is 0 Å². The average Bonchev–Trinajstić information content (AvgIpc) is 3.35. The molecular weight excluding hydrogens is 400 g/mol. The molecule has 7 nitrogen and oxygen atoms in total. The lowest BCUT2D eigenvalue weighted by atomic mass is 10.0. The van der Waals surface area contributed by atoms with Gasteiger partial charge in [0.2, 0.25) is 0 Å². The average molecular weight is 429 g/mol. The molecule has 0 radical (unpaired) electrons. The number of anilines is 1. The Hall–Kier alpha value is -3.71. The van der Waals surface area contributed by atoms with Crippen LogP contribution in [-0.2, 0) is 6.42 Å². The Morgan fingerprint density at radius 2 is 2.03 bits per heavy atom. The van der Waals surface area contributed by atoms with Gasteiger partial charge in [0.1, 0.15) is 11.6 Å². The second-order valence-electron chi connectivity index (χ2n) is 8.21. The fourth-order valence-corrected chi connectivity index (χ4v) is 4.25. The number of H-pyrrole nitrogens is 2. The number of aliphatic imine (C=N–C) groups is 1. The van der Waals surface area contributed by atoms with Gasteiger partial charge >= 0.3 is 0 Å². The summed E-state index contributed by atoms with van der Waals surface area (Å²) in [5.41, 5.74) is 12.2. The Morgan fingerprint density at radius 1 is 1.12 bits per heavy atom. The number of aryl methyl sites for hydroxylation is 2. The molecule has 1 aliphatic heterocycles. The van der Waals surface area contributed by atoms with Gasteiger partial charge in [-0.25, -0.2) is 0 Å². The molecule has 1 unspecified atom stereocenters. The summed E-state index contributed by atoms with van der Waals surface area (Å²) in [7, 11) is 0. The second kappa shape index (κ2) is 8.09. The zero-order valence-electron chi connectivity index (χ0n) is 18.3. The van der Waals surface area contributed by atoms with E-state index >= 15 is 0 Å². The number of benzene rings is 2. The van der Waals surface area contributed by atoms with E-state index < -0.39 is 5.79 Å². The van der Waals surface area contributed by atoms with E-state index in [0.29, 0.717) is 13.0 Å². The largest absolute Gasteiger partial charge is 0.494 e. The molecule has 7 heteroatoms. The van der Waals surface area contributed by atoms with Gasteiger partial charge in [0, 0.05) is 52.0 Å². The number of nitrogens with two attached hydrogens (primary N) is 1. The van der Waals surface area contributed by atoms with E-state index in [0.717, 1.165) is 51.2 Å². The summed E-state index contributed by atoms with van der Waals surface area (Å²) in [6.45, 7) is 4.69. The van der Waals surface area contributed by atoms with Crippen molar-refractivity contribution in [1.29, 1.82) is 0 Å². The van der Waals surface area contributed by atoms with Crippen LogP contribution in [0.3, 0.4) is 0 Å². The van der Waals surface area contributed by atoms with Crippen molar-refractivity contribution in [2.24, 2.45) is 10.7 Å². The van der Waals surface area contributed by atoms with Crippen LogP contribution in [0.2, 0.25) is 0 Å². The van der Waals surface area contributed by atoms with Crippen LogP contribution >= 0.6 is 0 Å². The minimum atomic E-state index is -0.889. The molecule has 164 valence electrons. The fraction of sp³-hybridized carbons (Fsp3) is 0.240. The molecule has 0 saturated carbocycles. The Kier molecular flexibility index (Phi) is 5.11. The second-order valence-corrected chi connectivity index (χ2v) is 8.21. The summed E-state index contributed by atoms with van der Waals surface area (Å²) < 4.78 is 5.66. The number of aromatic amines is 2. The predicted octanol–water partition coefficient (Wildman–Crippen LogP) is 4.53. The SMILES string of the molecule is CCOc1ccc2[nH]cc(CCC3(N)N=CC=C(Nc4cccc5[nH]c(C)cc45)N3)c2c1. The van der Waals surface area contributed by atoms with Crippen LogP contribution in [0.25, 0.3) is 21.8 Å². The van der Waals surface area contributed by atoms with Crippen molar-refractivity contribution in [2.45, 2.75) is 32.5 Å². The van der Waals surface area contributed by atoms with Crippen LogP contribution in [0.4, 0.5) is 5.69 Å². The molecule has 0 fully saturated rings. The van der Waals surface area contributed by atoms with Crippen LogP contribution in [-0.4, -0.2) is 28.6 Å². The molecule has 0 bridgehead atoms. The number of allylic oxidation sites excluding steroid dienone is 1. The van der Waals surface area contributed by atoms with E-state index in [1.165, 1.54) is 5.56 Å². The zero-order chi connectivity index (χ0) is 22.1. The molecule has 32 heavy (non-hydrogen) atoms. The molecule has 1 atom stereocenters. The van der Waals surface area contributed by atoms with Crippen molar-refractivity contribution in [1.82, 2.24) is 15.3 Å². The third-order valence-electron chi connectivity index (χ3n) is 5.79. The topological polar surface area (TPSA) is 103 Å². The number of hydrogen-bond donors (Lipinski definition) is 5. The predicted molar refractivity (Wildman–Crippen MR) is 131 cm³/mol. The standard InChI is InChI=1S/C25H28N6O/c1-3-32-18-7-8-21-19(14-18)17(15-27-21)9-11-25(26)28-12-10-24(31-25)30-23-6-4-5-22-20(23)13-16(2)29-22/h4-8,10,12-15,27,29-31H,3,9,11,26H2,1-2H3. The lowest BCUT2D eigenvalue weighted by molar-refractivity contribution is 0.340. The summed E-state index contributed by atoms with van der Waals surface area (Å²) in [5.74, 6) is 0.812. The molecule has 4 aromatic rings. The van der Waals surface area contributed by atoms with Crippen molar-refractivity contribution in [3.63, 3.8) is 0 Å². The third kappa shape index (κ3) is 3.94. The molecule has 0 spiro atoms. The molecule has 0 amide bonds. The van der Waals surface area contributed by atoms with Crippen LogP contribution in [0.15, 0.2) is 65.6 Å². The first-order valence-corrected chi connectivity index (χ1v) is 10.9. The zero-order valence-corrected chi connectivity index (χ0v) is 18.3. The number of nitrogens with zero attached hydrogens (tertiary/aromatic N) is 1. The molecule has 6 N–H and O–H groups in total. The monoisotopic (exact) mass is 428 g/mol. The number of ether oxygens (including phenoxy) is 1. The van der Waals surface area contributed by atoms with Crippen LogP contribution in [0.1, 0.15) is 24.6 Å². The molecular formula is C25H28N6O. The lowest BCUT2D eigenvalue weighted by Gasteiger charge is -2.31. The highest BCUT2D eigenvalue weighted by molar-refractivity contribution is 5.93. The first-order valence-electron chi connectivity index (χ1n) is 10.9. The summed E-state index contributed by atoms with van der Waals surface area (Å²) in [6.07, 6.45) is 7.13. The number of fused-ring (bicyclic) bond motifs is 2. The number of rotatable bonds is 7. The van der Waals surface area contributed by atoms with E-state index in [2.05, 4.69) is 56.8 Å². The van der Waals surface area contributed by atoms with Crippen LogP contribution in [0.5, 0.6) is 5.75 Å². The van der Waals surface area contributed by atoms with Crippen molar-refractivity contribution >= 4 is 33.7 Å². The van der Waals surface area contributed by atoms with Gasteiger partial charge in [-0.3, -0.25) is 10.7 Å². The Labute approximate surface area is 186 Å². The molecule has 0 aliphatic carbocycles. The maximum atomic E-state index is 6.63. The molecule has 5 rings (SSSR count). The van der Waals surface area contributed by atoms with Crippen molar-refractivity contribution in [3.8, 4) is 5.75 Å². The van der Waals surface area contributed by atoms with Gasteiger partial charge in [0.15, 0.2) is 5.79 Å². The maximum Gasteiger partial charge on any atom is 0.183 e. The highest BCUT2D eigenvalue weighted by Crippen LogP contribution is 2.28. The summed E-state index contributed by atoms with van der Waals surface area (Å²) in [4.78, 5) is 11.2. The minimum Gasteiger partial charge on any atom is -0.494 e. The smallest absolute Gasteiger partial charge is 0.183 e. The van der Waals surface area contributed by atoms with Gasteiger partial charge in [-0.05, 0) is 68.3 Å². The molecule has 1 aliphatic rings. The Bertz CT molecular complexity index is 1330. The van der Waals surface area contributed by atoms with E-state index in [9.17, 15) is 0 Å². The lowest BCUT2D eigenvalue weighted by Crippen LogP contribution is -2.54. The summed E-state index contributed by atoms with van der Waals surface area (Å²) >= 11 is 0. The van der Waals surface area contributed by atoms with Crippen molar-refractivity contribution in [2.75, 3.05) is 11.9 Å². The third-order valence-corrected chi connectivity index (χ3v) is 5.79. The van der Waals surface area contributed by atoms with Crippen molar-refractivity contribution in [3.05, 3.63) is 71.8 Å². The minimum absolute atomic E-state index is 0.641. The van der Waals surface area contributed by atoms with Crippen LogP contribution in [0, 0.1) is 6.92 Å². The van der Waals surface area contributed by atoms with Gasteiger partial charge in [-0.1, -0.05) is 6.07 Å². The fourth-order valence-electron chi connectivity index (χ4n) is 4.25. The highest BCUT2D eigenvalue weighted by Gasteiger charge is 2.26. The van der Waals surface area contributed by atoms with Gasteiger partial charge < -0.3 is 25.3 Å². The quantitative estimate of drug-likeness (QED) is 0.298. The molecule has 0 saturated heterocycles. The number of aromatic nitrogens is 2. The van der Waals surface area contributed by atoms with Gasteiger partial charge in [-0.2, -0.15) is 0 Å².